The second-order valence-electron chi connectivity index (χ2n) is 10.6. The third kappa shape index (κ3) is 3.77. The first kappa shape index (κ1) is 22.8. The second-order valence-corrected chi connectivity index (χ2v) is 10.6. The average Bonchev–Trinajstić information content (AvgIpc) is 3.36. The topological polar surface area (TPSA) is 0 Å². The Kier molecular flexibility index (Phi) is 5.24. The summed E-state index contributed by atoms with van der Waals surface area (Å²) >= 11 is 0. The molecule has 0 radical (unpaired) electrons. The normalized spacial score (nSPS) is 11.5. The van der Waals surface area contributed by atoms with Gasteiger partial charge in [0.2, 0.25) is 0 Å². The highest BCUT2D eigenvalue weighted by atomic mass is 14.2. The van der Waals surface area contributed by atoms with E-state index in [2.05, 4.69) is 158 Å². The van der Waals surface area contributed by atoms with Crippen LogP contribution in [0.2, 0.25) is 0 Å². The van der Waals surface area contributed by atoms with E-state index >= 15 is 0 Å². The van der Waals surface area contributed by atoms with Crippen molar-refractivity contribution in [3.63, 3.8) is 0 Å². The van der Waals surface area contributed by atoms with Gasteiger partial charge in [0.15, 0.2) is 0 Å². The molecule has 0 saturated heterocycles. The Morgan fingerprint density at radius 2 is 0.675 bits per heavy atom. The summed E-state index contributed by atoms with van der Waals surface area (Å²) in [5.74, 6) is 0. The highest BCUT2D eigenvalue weighted by molar-refractivity contribution is 6.16. The molecule has 0 fully saturated rings. The van der Waals surface area contributed by atoms with Crippen LogP contribution in [-0.2, 0) is 0 Å². The molecule has 0 aromatic heterocycles. The Labute approximate surface area is 234 Å². The SMILES string of the molecule is c1ccc(-c2ccc(-c3cccc(-c4ccc(-c5cc6c7c(cccc7c5)-c5ccccc5-6)cc4)c3)cc2)cc1. The number of hydrogen-bond donors (Lipinski definition) is 0. The minimum atomic E-state index is 1.23. The number of benzene rings is 7. The molecule has 0 saturated carbocycles. The summed E-state index contributed by atoms with van der Waals surface area (Å²) in [5, 5.41) is 2.67. The minimum absolute atomic E-state index is 1.23. The zero-order chi connectivity index (χ0) is 26.5. The Morgan fingerprint density at radius 1 is 0.225 bits per heavy atom. The molecule has 0 atom stereocenters. The predicted molar refractivity (Wildman–Crippen MR) is 170 cm³/mol. The molecular formula is C40H26. The van der Waals surface area contributed by atoms with Gasteiger partial charge in [-0.3, -0.25) is 0 Å². The van der Waals surface area contributed by atoms with Crippen LogP contribution in [0.15, 0.2) is 158 Å². The van der Waals surface area contributed by atoms with E-state index in [9.17, 15) is 0 Å². The van der Waals surface area contributed by atoms with Crippen molar-refractivity contribution in [2.24, 2.45) is 0 Å². The zero-order valence-electron chi connectivity index (χ0n) is 22.0. The summed E-state index contributed by atoms with van der Waals surface area (Å²) in [6, 6.07) is 57.4. The predicted octanol–water partition coefficient (Wildman–Crippen LogP) is 11.2. The third-order valence-corrected chi connectivity index (χ3v) is 8.22. The van der Waals surface area contributed by atoms with E-state index in [1.54, 1.807) is 0 Å². The van der Waals surface area contributed by atoms with Crippen LogP contribution in [0, 0.1) is 0 Å². The summed E-state index contributed by atoms with van der Waals surface area (Å²) < 4.78 is 0. The molecule has 1 aliphatic carbocycles. The number of fused-ring (bicyclic) bond motifs is 3. The molecule has 0 bridgehead atoms. The van der Waals surface area contributed by atoms with Gasteiger partial charge in [0.25, 0.3) is 0 Å². The molecule has 0 nitrogen and oxygen atoms in total. The van der Waals surface area contributed by atoms with Crippen LogP contribution in [0.3, 0.4) is 0 Å². The molecule has 7 aromatic rings. The van der Waals surface area contributed by atoms with Crippen molar-refractivity contribution in [1.82, 2.24) is 0 Å². The molecule has 0 heterocycles. The van der Waals surface area contributed by atoms with E-state index in [1.807, 2.05) is 0 Å². The Morgan fingerprint density at radius 3 is 1.32 bits per heavy atom. The van der Waals surface area contributed by atoms with Gasteiger partial charge in [-0.05, 0) is 95.7 Å². The lowest BCUT2D eigenvalue weighted by atomic mass is 9.94. The fourth-order valence-electron chi connectivity index (χ4n) is 6.20. The quantitative estimate of drug-likeness (QED) is 0.223. The molecule has 0 spiro atoms. The van der Waals surface area contributed by atoms with E-state index in [0.29, 0.717) is 0 Å². The maximum absolute atomic E-state index is 2.37. The van der Waals surface area contributed by atoms with E-state index in [-0.39, 0.29) is 0 Å². The highest BCUT2D eigenvalue weighted by Gasteiger charge is 2.21. The van der Waals surface area contributed by atoms with E-state index < -0.39 is 0 Å². The molecule has 0 unspecified atom stereocenters. The lowest BCUT2D eigenvalue weighted by molar-refractivity contribution is 1.57. The lowest BCUT2D eigenvalue weighted by Crippen LogP contribution is -1.85. The van der Waals surface area contributed by atoms with Crippen molar-refractivity contribution in [2.75, 3.05) is 0 Å². The first-order valence-corrected chi connectivity index (χ1v) is 13.9. The Bertz CT molecular complexity index is 2010. The van der Waals surface area contributed by atoms with Crippen molar-refractivity contribution in [3.8, 4) is 66.8 Å². The minimum Gasteiger partial charge on any atom is -0.0622 e. The maximum Gasteiger partial charge on any atom is -0.00259 e. The summed E-state index contributed by atoms with van der Waals surface area (Å²) in [5.41, 5.74) is 15.3. The van der Waals surface area contributed by atoms with Crippen LogP contribution in [0.1, 0.15) is 0 Å². The summed E-state index contributed by atoms with van der Waals surface area (Å²) in [6.45, 7) is 0. The molecule has 7 aromatic carbocycles. The van der Waals surface area contributed by atoms with E-state index in [1.165, 1.54) is 77.5 Å². The molecule has 8 rings (SSSR count). The van der Waals surface area contributed by atoms with Gasteiger partial charge in [0.05, 0.1) is 0 Å². The fraction of sp³-hybridized carbons (Fsp3) is 0. The zero-order valence-corrected chi connectivity index (χ0v) is 22.0. The fourth-order valence-corrected chi connectivity index (χ4v) is 6.20. The molecule has 0 amide bonds. The van der Waals surface area contributed by atoms with Crippen LogP contribution in [0.25, 0.3) is 77.5 Å². The smallest absolute Gasteiger partial charge is 0.00259 e. The van der Waals surface area contributed by atoms with Crippen molar-refractivity contribution < 1.29 is 0 Å². The lowest BCUT2D eigenvalue weighted by Gasteiger charge is -2.10. The summed E-state index contributed by atoms with van der Waals surface area (Å²) in [6.07, 6.45) is 0. The molecule has 0 aliphatic heterocycles. The number of hydrogen-bond acceptors (Lipinski definition) is 0. The van der Waals surface area contributed by atoms with Crippen molar-refractivity contribution in [2.45, 2.75) is 0 Å². The van der Waals surface area contributed by atoms with Crippen molar-refractivity contribution >= 4 is 10.8 Å². The molecule has 0 heteroatoms. The van der Waals surface area contributed by atoms with Crippen molar-refractivity contribution in [1.29, 1.82) is 0 Å². The van der Waals surface area contributed by atoms with Gasteiger partial charge in [-0.1, -0.05) is 140 Å². The van der Waals surface area contributed by atoms with Gasteiger partial charge in [-0.25, -0.2) is 0 Å². The van der Waals surface area contributed by atoms with E-state index in [0.717, 1.165) is 0 Å². The first-order chi connectivity index (χ1) is 19.8. The standard InChI is InChI=1S/C40H26/c1-2-8-27(9-3-1)28-16-18-29(19-17-28)32-10-6-11-33(24-32)30-20-22-31(23-21-30)35-25-34-12-7-15-38-36-13-4-5-14-37(36)39(26-35)40(34)38/h1-26H. The monoisotopic (exact) mass is 506 g/mol. The van der Waals surface area contributed by atoms with Gasteiger partial charge >= 0.3 is 0 Å². The molecular weight excluding hydrogens is 480 g/mol. The van der Waals surface area contributed by atoms with Crippen LogP contribution >= 0.6 is 0 Å². The van der Waals surface area contributed by atoms with Gasteiger partial charge in [-0.2, -0.15) is 0 Å². The number of rotatable bonds is 4. The Balaban J connectivity index is 1.11. The molecule has 1 aliphatic rings. The van der Waals surface area contributed by atoms with Crippen LogP contribution < -0.4 is 0 Å². The van der Waals surface area contributed by atoms with Gasteiger partial charge in [0.1, 0.15) is 0 Å². The highest BCUT2D eigenvalue weighted by Crippen LogP contribution is 2.48. The maximum atomic E-state index is 2.37. The van der Waals surface area contributed by atoms with Crippen LogP contribution in [0.4, 0.5) is 0 Å². The van der Waals surface area contributed by atoms with Gasteiger partial charge < -0.3 is 0 Å². The largest absolute Gasteiger partial charge is 0.0622 e. The Hall–Kier alpha value is -5.20. The third-order valence-electron chi connectivity index (χ3n) is 8.22. The molecule has 0 N–H and O–H groups in total. The summed E-state index contributed by atoms with van der Waals surface area (Å²) in [4.78, 5) is 0. The van der Waals surface area contributed by atoms with E-state index in [4.69, 9.17) is 0 Å². The second kappa shape index (κ2) is 9.22. The van der Waals surface area contributed by atoms with Crippen LogP contribution in [0.5, 0.6) is 0 Å². The molecule has 186 valence electrons. The van der Waals surface area contributed by atoms with Crippen LogP contribution in [-0.4, -0.2) is 0 Å². The van der Waals surface area contributed by atoms with Gasteiger partial charge in [0, 0.05) is 0 Å². The average molecular weight is 507 g/mol. The summed E-state index contributed by atoms with van der Waals surface area (Å²) in [7, 11) is 0. The molecule has 40 heavy (non-hydrogen) atoms. The first-order valence-electron chi connectivity index (χ1n) is 13.9. The van der Waals surface area contributed by atoms with Gasteiger partial charge in [-0.15, -0.1) is 0 Å². The van der Waals surface area contributed by atoms with Crippen molar-refractivity contribution in [3.05, 3.63) is 158 Å².